The maximum atomic E-state index is 14.3. The zero-order valence-electron chi connectivity index (χ0n) is 37.4. The first-order valence-corrected chi connectivity index (χ1v) is 22.2. The van der Waals surface area contributed by atoms with Crippen LogP contribution in [0.15, 0.2) is 48.2 Å². The summed E-state index contributed by atoms with van der Waals surface area (Å²) in [5.74, 6) is 0.765. The summed E-state index contributed by atoms with van der Waals surface area (Å²) < 4.78 is 47.0. The second-order valence-corrected chi connectivity index (χ2v) is 17.8. The quantitative estimate of drug-likeness (QED) is 0.110. The van der Waals surface area contributed by atoms with Crippen molar-refractivity contribution in [2.45, 2.75) is 71.6 Å². The lowest BCUT2D eigenvalue weighted by Gasteiger charge is -2.41. The van der Waals surface area contributed by atoms with E-state index in [1.54, 1.807) is 55.7 Å². The minimum Gasteiger partial charge on any atom is -0.496 e. The number of hydrogen-bond acceptors (Lipinski definition) is 12. The lowest BCUT2D eigenvalue weighted by atomic mass is 9.91. The molecule has 0 radical (unpaired) electrons. The number of amides is 3. The average Bonchev–Trinajstić information content (AvgIpc) is 3.64. The minimum absolute atomic E-state index is 0.107. The molecule has 16 nitrogen and oxygen atoms in total. The molecular formula is C46H59Cl2N5O11. The van der Waals surface area contributed by atoms with Crippen LogP contribution in [0.3, 0.4) is 0 Å². The molecule has 1 aromatic heterocycles. The highest BCUT2D eigenvalue weighted by atomic mass is 35.5. The molecule has 64 heavy (non-hydrogen) atoms. The number of aromatic nitrogens is 2. The van der Waals surface area contributed by atoms with Gasteiger partial charge in [-0.3, -0.25) is 9.59 Å². The predicted octanol–water partition coefficient (Wildman–Crippen LogP) is 7.16. The molecule has 2 aliphatic heterocycles. The number of carbonyl (C=O) groups excluding carboxylic acids is 3. The molecule has 3 aromatic rings. The number of carbonyl (C=O) groups is 3. The highest BCUT2D eigenvalue weighted by molar-refractivity contribution is 6.34. The number of fused-ring (bicyclic) bond motifs is 3. The van der Waals surface area contributed by atoms with E-state index in [1.807, 2.05) is 38.1 Å². The number of allylic oxidation sites excluding steroid dienone is 3. The molecule has 0 bridgehead atoms. The van der Waals surface area contributed by atoms with Gasteiger partial charge in [-0.05, 0) is 83.4 Å². The molecule has 0 atom stereocenters. The minimum atomic E-state index is -0.544. The molecule has 0 saturated carbocycles. The molecule has 6 rings (SSSR count). The van der Waals surface area contributed by atoms with Gasteiger partial charge in [0.2, 0.25) is 5.91 Å². The van der Waals surface area contributed by atoms with E-state index >= 15 is 0 Å². The Labute approximate surface area is 384 Å². The van der Waals surface area contributed by atoms with Crippen molar-refractivity contribution in [3.05, 3.63) is 75.0 Å². The Hall–Kier alpha value is -4.68. The van der Waals surface area contributed by atoms with E-state index in [0.717, 1.165) is 11.1 Å². The molecule has 3 heterocycles. The van der Waals surface area contributed by atoms with Crippen LogP contribution in [0.1, 0.15) is 75.5 Å². The van der Waals surface area contributed by atoms with Crippen LogP contribution in [0.25, 0.3) is 22.5 Å². The third-order valence-corrected chi connectivity index (χ3v) is 10.8. The van der Waals surface area contributed by atoms with E-state index in [-0.39, 0.29) is 37.1 Å². The second kappa shape index (κ2) is 22.5. The van der Waals surface area contributed by atoms with Crippen molar-refractivity contribution in [3.63, 3.8) is 0 Å². The number of nitrogens with one attached hydrogen (secondary N) is 2. The van der Waals surface area contributed by atoms with Gasteiger partial charge in [-0.25, -0.2) is 9.48 Å². The van der Waals surface area contributed by atoms with Crippen molar-refractivity contribution < 1.29 is 52.3 Å². The summed E-state index contributed by atoms with van der Waals surface area (Å²) in [4.78, 5) is 40.7. The Morgan fingerprint density at radius 3 is 2.22 bits per heavy atom. The Morgan fingerprint density at radius 1 is 0.891 bits per heavy atom. The molecule has 3 amide bonds. The van der Waals surface area contributed by atoms with E-state index in [9.17, 15) is 14.4 Å². The predicted molar refractivity (Wildman–Crippen MR) is 241 cm³/mol. The van der Waals surface area contributed by atoms with E-state index in [2.05, 4.69) is 10.6 Å². The van der Waals surface area contributed by atoms with Crippen molar-refractivity contribution in [3.8, 4) is 28.4 Å². The number of hydrogen-bond donors (Lipinski definition) is 2. The van der Waals surface area contributed by atoms with Gasteiger partial charge in [0.15, 0.2) is 5.69 Å². The molecule has 18 heteroatoms. The number of alkyl carbamates (subject to hydrolysis) is 1. The topological polar surface area (TPSA) is 170 Å². The summed E-state index contributed by atoms with van der Waals surface area (Å²) in [6, 6.07) is 9.00. The van der Waals surface area contributed by atoms with Gasteiger partial charge in [0, 0.05) is 51.6 Å². The number of methoxy groups -OCH3 is 1. The van der Waals surface area contributed by atoms with Gasteiger partial charge < -0.3 is 53.4 Å². The fraction of sp³-hybridized carbons (Fsp3) is 0.522. The number of ether oxygens (including phenoxy) is 8. The van der Waals surface area contributed by atoms with Crippen LogP contribution < -0.4 is 20.1 Å². The summed E-state index contributed by atoms with van der Waals surface area (Å²) in [5.41, 5.74) is 4.25. The van der Waals surface area contributed by atoms with E-state index in [0.29, 0.717) is 135 Å². The molecule has 348 valence electrons. The van der Waals surface area contributed by atoms with Crippen LogP contribution in [0, 0.1) is 0 Å². The smallest absolute Gasteiger partial charge is 0.407 e. The molecule has 1 aliphatic carbocycles. The summed E-state index contributed by atoms with van der Waals surface area (Å²) in [5, 5.41) is 11.4. The normalized spacial score (nSPS) is 15.6. The van der Waals surface area contributed by atoms with Gasteiger partial charge in [0.05, 0.1) is 96.5 Å². The third kappa shape index (κ3) is 13.2. The number of nitrogens with zero attached hydrogens (tertiary/aromatic N) is 3. The molecular weight excluding hydrogens is 869 g/mol. The molecule has 0 unspecified atom stereocenters. The van der Waals surface area contributed by atoms with Crippen molar-refractivity contribution in [2.75, 3.05) is 86.3 Å². The van der Waals surface area contributed by atoms with Gasteiger partial charge in [0.25, 0.3) is 5.91 Å². The van der Waals surface area contributed by atoms with Crippen molar-refractivity contribution in [1.29, 1.82) is 0 Å². The zero-order valence-corrected chi connectivity index (χ0v) is 39.0. The molecule has 0 spiro atoms. The van der Waals surface area contributed by atoms with Crippen LogP contribution in [-0.2, 0) is 39.8 Å². The van der Waals surface area contributed by atoms with E-state index in [1.165, 1.54) is 0 Å². The van der Waals surface area contributed by atoms with Crippen LogP contribution in [-0.4, -0.2) is 130 Å². The summed E-state index contributed by atoms with van der Waals surface area (Å²) in [7, 11) is 1.61. The molecule has 3 aliphatic rings. The van der Waals surface area contributed by atoms with Crippen molar-refractivity contribution in [2.24, 2.45) is 0 Å². The third-order valence-electron chi connectivity index (χ3n) is 10.3. The first-order valence-electron chi connectivity index (χ1n) is 21.5. The fourth-order valence-electron chi connectivity index (χ4n) is 7.37. The maximum absolute atomic E-state index is 14.3. The van der Waals surface area contributed by atoms with Crippen molar-refractivity contribution in [1.82, 2.24) is 25.3 Å². The lowest BCUT2D eigenvalue weighted by molar-refractivity contribution is -0.121. The van der Waals surface area contributed by atoms with Gasteiger partial charge in [-0.1, -0.05) is 29.3 Å². The highest BCUT2D eigenvalue weighted by Crippen LogP contribution is 2.46. The number of morpholine rings is 1. The Kier molecular flexibility index (Phi) is 17.1. The van der Waals surface area contributed by atoms with Gasteiger partial charge >= 0.3 is 6.09 Å². The van der Waals surface area contributed by atoms with Crippen LogP contribution >= 0.6 is 23.2 Å². The summed E-state index contributed by atoms with van der Waals surface area (Å²) in [6.07, 6.45) is 5.01. The Morgan fingerprint density at radius 2 is 1.56 bits per heavy atom. The largest absolute Gasteiger partial charge is 0.496 e. The van der Waals surface area contributed by atoms with Crippen LogP contribution in [0.2, 0.25) is 10.0 Å². The monoisotopic (exact) mass is 927 g/mol. The summed E-state index contributed by atoms with van der Waals surface area (Å²) >= 11 is 13.0. The zero-order chi connectivity index (χ0) is 45.9. The van der Waals surface area contributed by atoms with Crippen LogP contribution in [0.4, 0.5) is 4.79 Å². The second-order valence-electron chi connectivity index (χ2n) is 16.9. The standard InChI is InChI=1S/C46H59Cl2N5O11/c1-45(2,3)64-44(56)49-11-14-59-17-19-61-21-20-60-18-16-58-13-10-40(54)50-33-9-7-8-30(22-33)35-26-36-39(27-38(35)57-6)63-28-37-41(43(55)52-12-15-62-29-46(52,4)5)51-53(42(36)37)34-24-31(47)23-32(48)25-34/h9,22-27H,7-8,10-21,28-29H2,1-6H3,(H,49,56)(H,50,54). The number of benzene rings is 2. The SMILES string of the molecule is COc1cc2c(cc1C1=CC(NC(=O)CCOCCOCCOCCOCCNC(=O)OC(C)(C)C)=CCC1)-c1c(c(C(=O)N3CCOCC3(C)C)nn1-c1cc(Cl)cc(Cl)c1)CO2. The molecule has 2 aromatic carbocycles. The summed E-state index contributed by atoms with van der Waals surface area (Å²) in [6.45, 7) is 13.9. The van der Waals surface area contributed by atoms with Crippen molar-refractivity contribution >= 4 is 46.7 Å². The Balaban J connectivity index is 1.02. The first kappa shape index (κ1) is 48.8. The first-order chi connectivity index (χ1) is 30.6. The maximum Gasteiger partial charge on any atom is 0.407 e. The lowest BCUT2D eigenvalue weighted by Crippen LogP contribution is -2.55. The molecule has 1 saturated heterocycles. The molecule has 1 fully saturated rings. The molecule has 2 N–H and O–H groups in total. The highest BCUT2D eigenvalue weighted by Gasteiger charge is 2.39. The van der Waals surface area contributed by atoms with E-state index in [4.69, 9.17) is 66.2 Å². The number of halogens is 2. The fourth-order valence-corrected chi connectivity index (χ4v) is 7.89. The van der Waals surface area contributed by atoms with Gasteiger partial charge in [0.1, 0.15) is 23.7 Å². The van der Waals surface area contributed by atoms with E-state index < -0.39 is 17.2 Å². The van der Waals surface area contributed by atoms with Gasteiger partial charge in [-0.2, -0.15) is 5.10 Å². The van der Waals surface area contributed by atoms with Gasteiger partial charge in [-0.15, -0.1) is 0 Å². The number of rotatable bonds is 20. The average molecular weight is 929 g/mol. The Bertz CT molecular complexity index is 2180. The van der Waals surface area contributed by atoms with Crippen LogP contribution in [0.5, 0.6) is 11.5 Å².